The number of aliphatic carboxylic acids is 2. The molecule has 0 rings (SSSR count). The Morgan fingerprint density at radius 3 is 1.69 bits per heavy atom. The number of rotatable bonds is 4. The number of carboxylic acids is 2. The van der Waals surface area contributed by atoms with Crippen LogP contribution < -0.4 is 0 Å². The van der Waals surface area contributed by atoms with Gasteiger partial charge in [0.2, 0.25) is 0 Å². The number of hydrogen-bond donors (Lipinski definition) is 2. The summed E-state index contributed by atoms with van der Waals surface area (Å²) in [5.74, 6) is -2.79. The Kier molecular flexibility index (Phi) is 8.39. The van der Waals surface area contributed by atoms with Crippen molar-refractivity contribution in [1.29, 1.82) is 0 Å². The van der Waals surface area contributed by atoms with Gasteiger partial charge in [0.05, 0.1) is 13.5 Å². The Bertz CT molecular complexity index is 315. The minimum atomic E-state index is -1.27. The van der Waals surface area contributed by atoms with Crippen molar-refractivity contribution in [3.05, 3.63) is 24.3 Å². The smallest absolute Gasteiger partial charge is 0.332 e. The van der Waals surface area contributed by atoms with Gasteiger partial charge in [-0.1, -0.05) is 13.2 Å². The van der Waals surface area contributed by atoms with Gasteiger partial charge in [-0.3, -0.25) is 4.79 Å². The summed E-state index contributed by atoms with van der Waals surface area (Å²) in [7, 11) is 1.33. The zero-order valence-corrected chi connectivity index (χ0v) is 9.15. The molecule has 0 aromatic carbocycles. The van der Waals surface area contributed by atoms with Crippen LogP contribution in [0.5, 0.6) is 0 Å². The molecule has 0 aliphatic rings. The summed E-state index contributed by atoms with van der Waals surface area (Å²) in [6.07, 6.45) is -0.505. The number of methoxy groups -OCH3 is 1. The summed E-state index contributed by atoms with van der Waals surface area (Å²) >= 11 is 0. The number of hydrogen-bond acceptors (Lipinski definition) is 4. The van der Waals surface area contributed by atoms with Gasteiger partial charge in [-0.05, 0) is 6.92 Å². The van der Waals surface area contributed by atoms with Crippen molar-refractivity contribution in [1.82, 2.24) is 0 Å². The first-order valence-corrected chi connectivity index (χ1v) is 4.09. The molecule has 0 amide bonds. The quantitative estimate of drug-likeness (QED) is 0.548. The number of carbonyl (C=O) groups is 3. The second-order valence-corrected chi connectivity index (χ2v) is 2.75. The van der Waals surface area contributed by atoms with E-state index in [-0.39, 0.29) is 11.5 Å². The van der Waals surface area contributed by atoms with Gasteiger partial charge in [-0.2, -0.15) is 0 Å². The van der Waals surface area contributed by atoms with Crippen LogP contribution in [0.1, 0.15) is 13.3 Å². The third-order valence-electron chi connectivity index (χ3n) is 1.20. The molecule has 6 heteroatoms. The van der Waals surface area contributed by atoms with Crippen LogP contribution in [0.25, 0.3) is 0 Å². The van der Waals surface area contributed by atoms with Crippen LogP contribution in [-0.2, 0) is 19.1 Å². The van der Waals surface area contributed by atoms with Crippen molar-refractivity contribution in [3.63, 3.8) is 0 Å². The highest BCUT2D eigenvalue weighted by Crippen LogP contribution is 1.95. The van der Waals surface area contributed by atoms with Gasteiger partial charge >= 0.3 is 17.9 Å². The lowest BCUT2D eigenvalue weighted by molar-refractivity contribution is -0.139. The molecule has 0 bridgehead atoms. The summed E-state index contributed by atoms with van der Waals surface area (Å²) in [6.45, 7) is 7.97. The van der Waals surface area contributed by atoms with E-state index < -0.39 is 18.4 Å². The second kappa shape index (κ2) is 8.22. The van der Waals surface area contributed by atoms with Crippen molar-refractivity contribution in [2.24, 2.45) is 0 Å². The lowest BCUT2D eigenvalue weighted by Gasteiger charge is -1.91. The van der Waals surface area contributed by atoms with Gasteiger partial charge in [0, 0.05) is 11.1 Å². The van der Waals surface area contributed by atoms with Crippen LogP contribution in [-0.4, -0.2) is 35.2 Å². The van der Waals surface area contributed by atoms with E-state index in [4.69, 9.17) is 10.2 Å². The lowest BCUT2D eigenvalue weighted by atomic mass is 10.2. The fraction of sp³-hybridized carbons (Fsp3) is 0.300. The topological polar surface area (TPSA) is 101 Å². The average molecular weight is 230 g/mol. The fourth-order valence-electron chi connectivity index (χ4n) is 0.432. The monoisotopic (exact) mass is 230 g/mol. The predicted molar refractivity (Wildman–Crippen MR) is 55.9 cm³/mol. The highest BCUT2D eigenvalue weighted by molar-refractivity contribution is 5.91. The fourth-order valence-corrected chi connectivity index (χ4v) is 0.432. The van der Waals surface area contributed by atoms with Crippen molar-refractivity contribution in [3.8, 4) is 0 Å². The third kappa shape index (κ3) is 9.97. The summed E-state index contributed by atoms with van der Waals surface area (Å²) in [4.78, 5) is 29.9. The first-order valence-electron chi connectivity index (χ1n) is 4.09. The second-order valence-electron chi connectivity index (χ2n) is 2.75. The van der Waals surface area contributed by atoms with Crippen LogP contribution in [0.2, 0.25) is 0 Å². The van der Waals surface area contributed by atoms with E-state index in [0.29, 0.717) is 5.57 Å². The summed E-state index contributed by atoms with van der Waals surface area (Å²) in [6, 6.07) is 0. The van der Waals surface area contributed by atoms with E-state index in [1.165, 1.54) is 7.11 Å². The maximum atomic E-state index is 10.2. The van der Waals surface area contributed by atoms with E-state index in [9.17, 15) is 14.4 Å². The van der Waals surface area contributed by atoms with Crippen LogP contribution in [0.4, 0.5) is 0 Å². The largest absolute Gasteiger partial charge is 0.481 e. The van der Waals surface area contributed by atoms with Crippen molar-refractivity contribution in [2.45, 2.75) is 13.3 Å². The molecule has 0 radical (unpaired) electrons. The molecule has 0 aliphatic carbocycles. The number of carbonyl (C=O) groups excluding carboxylic acids is 1. The van der Waals surface area contributed by atoms with Crippen molar-refractivity contribution < 1.29 is 29.3 Å². The van der Waals surface area contributed by atoms with Crippen LogP contribution in [0.15, 0.2) is 24.3 Å². The maximum Gasteiger partial charge on any atom is 0.332 e. The van der Waals surface area contributed by atoms with Gasteiger partial charge in [0.25, 0.3) is 0 Å². The molecule has 0 aliphatic heterocycles. The first-order chi connectivity index (χ1) is 7.22. The van der Waals surface area contributed by atoms with E-state index >= 15 is 0 Å². The van der Waals surface area contributed by atoms with E-state index in [1.54, 1.807) is 6.92 Å². The van der Waals surface area contributed by atoms with Gasteiger partial charge in [0.1, 0.15) is 0 Å². The molecule has 0 atom stereocenters. The minimum absolute atomic E-state index is 0.303. The standard InChI is InChI=1S/C5H6O4.C5H8O2/c1-3(5(8)9)2-4(6)7;1-4(2)5(6)7-3/h1-2H2,(H,6,7)(H,8,9);1H2,2-3H3. The Morgan fingerprint density at radius 1 is 1.19 bits per heavy atom. The van der Waals surface area contributed by atoms with Crippen LogP contribution in [0.3, 0.4) is 0 Å². The molecule has 0 aromatic rings. The van der Waals surface area contributed by atoms with Gasteiger partial charge in [-0.15, -0.1) is 0 Å². The third-order valence-corrected chi connectivity index (χ3v) is 1.20. The van der Waals surface area contributed by atoms with E-state index in [0.717, 1.165) is 0 Å². The Labute approximate surface area is 92.8 Å². The highest BCUT2D eigenvalue weighted by Gasteiger charge is 2.07. The Morgan fingerprint density at radius 2 is 1.62 bits per heavy atom. The van der Waals surface area contributed by atoms with Gasteiger partial charge < -0.3 is 14.9 Å². The molecule has 0 aromatic heterocycles. The Balaban J connectivity index is 0. The number of carboxylic acid groups (broad SMARTS) is 2. The maximum absolute atomic E-state index is 10.2. The summed E-state index contributed by atoms with van der Waals surface area (Å²) in [5.41, 5.74) is 0.130. The van der Waals surface area contributed by atoms with Crippen molar-refractivity contribution in [2.75, 3.05) is 7.11 Å². The molecular weight excluding hydrogens is 216 g/mol. The molecule has 90 valence electrons. The van der Waals surface area contributed by atoms with E-state index in [1.807, 2.05) is 0 Å². The SMILES string of the molecule is C=C(C)C(=O)OC.C=C(CC(=O)O)C(=O)O. The molecule has 0 saturated carbocycles. The number of ether oxygens (including phenoxy) is 1. The molecule has 6 nitrogen and oxygen atoms in total. The molecule has 2 N–H and O–H groups in total. The normalized spacial score (nSPS) is 8.12. The predicted octanol–water partition coefficient (Wildman–Crippen LogP) is 0.837. The minimum Gasteiger partial charge on any atom is -0.481 e. The molecule has 0 spiro atoms. The zero-order valence-electron chi connectivity index (χ0n) is 9.15. The molecule has 0 unspecified atom stereocenters. The van der Waals surface area contributed by atoms with E-state index in [2.05, 4.69) is 17.9 Å². The molecular formula is C10H14O6. The van der Waals surface area contributed by atoms with Crippen molar-refractivity contribution >= 4 is 17.9 Å². The zero-order chi connectivity index (χ0) is 13.3. The molecule has 0 saturated heterocycles. The number of esters is 1. The molecule has 0 fully saturated rings. The summed E-state index contributed by atoms with van der Waals surface area (Å²) < 4.78 is 4.27. The van der Waals surface area contributed by atoms with Crippen LogP contribution in [0, 0.1) is 0 Å². The Hall–Kier alpha value is -2.11. The van der Waals surface area contributed by atoms with Gasteiger partial charge in [-0.25, -0.2) is 9.59 Å². The van der Waals surface area contributed by atoms with Gasteiger partial charge in [0.15, 0.2) is 0 Å². The average Bonchev–Trinajstić information content (AvgIpc) is 2.16. The summed E-state index contributed by atoms with van der Waals surface area (Å²) in [5, 5.41) is 16.1. The first kappa shape index (κ1) is 16.3. The lowest BCUT2D eigenvalue weighted by Crippen LogP contribution is -2.04. The molecule has 16 heavy (non-hydrogen) atoms. The van der Waals surface area contributed by atoms with Crippen LogP contribution >= 0.6 is 0 Å². The highest BCUT2D eigenvalue weighted by atomic mass is 16.5. The molecule has 0 heterocycles.